The van der Waals surface area contributed by atoms with Gasteiger partial charge in [-0.1, -0.05) is 0 Å². The molecule has 0 aromatic rings. The smallest absolute Gasteiger partial charge is 0.0356 e. The molecule has 90 valence electrons. The summed E-state index contributed by atoms with van der Waals surface area (Å²) in [4.78, 5) is 4.94. The highest BCUT2D eigenvalue weighted by molar-refractivity contribution is 4.96. The summed E-state index contributed by atoms with van der Waals surface area (Å²) in [6.07, 6.45) is 0. The molecule has 0 aromatic heterocycles. The number of hydrogen-bond acceptors (Lipinski definition) is 3. The van der Waals surface area contributed by atoms with Gasteiger partial charge < -0.3 is 10.2 Å². The molecule has 1 unspecified atom stereocenters. The van der Waals surface area contributed by atoms with E-state index in [1.807, 2.05) is 0 Å². The standard InChI is InChI=1S/C12H27N3/c1-10(2)15-11(8-14(5)6)7-13-9-12(15,3)4/h10-11,13H,7-9H2,1-6H3. The third-order valence-corrected chi connectivity index (χ3v) is 3.16. The third-order valence-electron chi connectivity index (χ3n) is 3.16. The average molecular weight is 213 g/mol. The van der Waals surface area contributed by atoms with Crippen LogP contribution in [-0.2, 0) is 0 Å². The van der Waals surface area contributed by atoms with Gasteiger partial charge in [0.1, 0.15) is 0 Å². The Labute approximate surface area is 94.8 Å². The van der Waals surface area contributed by atoms with Crippen molar-refractivity contribution in [3.05, 3.63) is 0 Å². The lowest BCUT2D eigenvalue weighted by molar-refractivity contribution is -0.000578. The number of rotatable bonds is 3. The first-order valence-corrected chi connectivity index (χ1v) is 5.98. The molecule has 15 heavy (non-hydrogen) atoms. The highest BCUT2D eigenvalue weighted by Gasteiger charge is 2.37. The van der Waals surface area contributed by atoms with E-state index in [9.17, 15) is 0 Å². The van der Waals surface area contributed by atoms with Crippen molar-refractivity contribution in [3.8, 4) is 0 Å². The zero-order valence-electron chi connectivity index (χ0n) is 11.2. The van der Waals surface area contributed by atoms with Crippen LogP contribution in [0.25, 0.3) is 0 Å². The molecule has 1 atom stereocenters. The van der Waals surface area contributed by atoms with Crippen LogP contribution in [0.15, 0.2) is 0 Å². The van der Waals surface area contributed by atoms with Crippen LogP contribution in [0.3, 0.4) is 0 Å². The predicted molar refractivity (Wildman–Crippen MR) is 66.3 cm³/mol. The molecule has 3 heteroatoms. The molecule has 1 aliphatic rings. The predicted octanol–water partition coefficient (Wildman–Crippen LogP) is 1.01. The summed E-state index contributed by atoms with van der Waals surface area (Å²) >= 11 is 0. The minimum atomic E-state index is 0.271. The summed E-state index contributed by atoms with van der Waals surface area (Å²) < 4.78 is 0. The summed E-state index contributed by atoms with van der Waals surface area (Å²) in [7, 11) is 4.31. The van der Waals surface area contributed by atoms with Gasteiger partial charge in [-0.3, -0.25) is 4.90 Å². The zero-order chi connectivity index (χ0) is 11.6. The highest BCUT2D eigenvalue weighted by atomic mass is 15.3. The second-order valence-corrected chi connectivity index (χ2v) is 5.86. The van der Waals surface area contributed by atoms with Crippen LogP contribution in [0.2, 0.25) is 0 Å². The molecule has 1 saturated heterocycles. The number of piperazine rings is 1. The maximum atomic E-state index is 3.55. The van der Waals surface area contributed by atoms with Gasteiger partial charge in [-0.15, -0.1) is 0 Å². The van der Waals surface area contributed by atoms with Crippen molar-refractivity contribution in [2.24, 2.45) is 0 Å². The van der Waals surface area contributed by atoms with Crippen LogP contribution in [0.5, 0.6) is 0 Å². The van der Waals surface area contributed by atoms with E-state index in [4.69, 9.17) is 0 Å². The molecule has 1 heterocycles. The van der Waals surface area contributed by atoms with Gasteiger partial charge in [-0.05, 0) is 41.8 Å². The fourth-order valence-electron chi connectivity index (χ4n) is 2.92. The number of nitrogens with zero attached hydrogens (tertiary/aromatic N) is 2. The Morgan fingerprint density at radius 1 is 1.40 bits per heavy atom. The lowest BCUT2D eigenvalue weighted by Crippen LogP contribution is -2.66. The molecular weight excluding hydrogens is 186 g/mol. The normalized spacial score (nSPS) is 27.6. The third kappa shape index (κ3) is 3.16. The SMILES string of the molecule is CC(C)N1C(CN(C)C)CNCC1(C)C. The van der Waals surface area contributed by atoms with E-state index in [0.29, 0.717) is 12.1 Å². The van der Waals surface area contributed by atoms with Crippen LogP contribution >= 0.6 is 0 Å². The number of likely N-dealkylation sites (N-methyl/N-ethyl adjacent to an activating group) is 1. The molecule has 1 rings (SSSR count). The molecule has 0 saturated carbocycles. The minimum absolute atomic E-state index is 0.271. The Kier molecular flexibility index (Phi) is 4.15. The van der Waals surface area contributed by atoms with Crippen molar-refractivity contribution in [2.75, 3.05) is 33.7 Å². The fraction of sp³-hybridized carbons (Fsp3) is 1.00. The molecule has 1 fully saturated rings. The molecule has 0 radical (unpaired) electrons. The first kappa shape index (κ1) is 12.9. The van der Waals surface area contributed by atoms with E-state index in [0.717, 1.165) is 19.6 Å². The molecule has 3 nitrogen and oxygen atoms in total. The second-order valence-electron chi connectivity index (χ2n) is 5.86. The Morgan fingerprint density at radius 2 is 2.00 bits per heavy atom. The second kappa shape index (κ2) is 4.81. The Bertz CT molecular complexity index is 199. The van der Waals surface area contributed by atoms with Crippen LogP contribution in [-0.4, -0.2) is 61.2 Å². The first-order valence-electron chi connectivity index (χ1n) is 5.98. The molecule has 0 aromatic carbocycles. The molecule has 0 aliphatic carbocycles. The van der Waals surface area contributed by atoms with E-state index < -0.39 is 0 Å². The number of nitrogens with one attached hydrogen (secondary N) is 1. The van der Waals surface area contributed by atoms with Crippen LogP contribution in [0, 0.1) is 0 Å². The lowest BCUT2D eigenvalue weighted by atomic mass is 9.94. The van der Waals surface area contributed by atoms with Gasteiger partial charge in [0.05, 0.1) is 0 Å². The Morgan fingerprint density at radius 3 is 2.47 bits per heavy atom. The van der Waals surface area contributed by atoms with Crippen molar-refractivity contribution >= 4 is 0 Å². The summed E-state index contributed by atoms with van der Waals surface area (Å²) in [5.41, 5.74) is 0.271. The van der Waals surface area contributed by atoms with Crippen LogP contribution < -0.4 is 5.32 Å². The summed E-state index contributed by atoms with van der Waals surface area (Å²) in [5, 5.41) is 3.55. The van der Waals surface area contributed by atoms with Crippen molar-refractivity contribution in [1.82, 2.24) is 15.1 Å². The van der Waals surface area contributed by atoms with Crippen molar-refractivity contribution in [3.63, 3.8) is 0 Å². The lowest BCUT2D eigenvalue weighted by Gasteiger charge is -2.51. The van der Waals surface area contributed by atoms with Crippen molar-refractivity contribution in [1.29, 1.82) is 0 Å². The Balaban J connectivity index is 2.75. The van der Waals surface area contributed by atoms with Crippen LogP contribution in [0.4, 0.5) is 0 Å². The van der Waals surface area contributed by atoms with Crippen LogP contribution in [0.1, 0.15) is 27.7 Å². The zero-order valence-corrected chi connectivity index (χ0v) is 11.2. The molecule has 1 aliphatic heterocycles. The van der Waals surface area contributed by atoms with E-state index in [1.54, 1.807) is 0 Å². The van der Waals surface area contributed by atoms with Gasteiger partial charge in [0.25, 0.3) is 0 Å². The van der Waals surface area contributed by atoms with Gasteiger partial charge in [0.15, 0.2) is 0 Å². The van der Waals surface area contributed by atoms with Gasteiger partial charge >= 0.3 is 0 Å². The molecule has 0 amide bonds. The van der Waals surface area contributed by atoms with E-state index in [2.05, 4.69) is 56.9 Å². The topological polar surface area (TPSA) is 18.5 Å². The quantitative estimate of drug-likeness (QED) is 0.755. The van der Waals surface area contributed by atoms with Gasteiger partial charge in [-0.2, -0.15) is 0 Å². The molecule has 0 bridgehead atoms. The van der Waals surface area contributed by atoms with E-state index >= 15 is 0 Å². The fourth-order valence-corrected chi connectivity index (χ4v) is 2.92. The van der Waals surface area contributed by atoms with Gasteiger partial charge in [0, 0.05) is 37.3 Å². The maximum Gasteiger partial charge on any atom is 0.0356 e. The largest absolute Gasteiger partial charge is 0.313 e. The monoisotopic (exact) mass is 213 g/mol. The average Bonchev–Trinajstić information content (AvgIpc) is 1.99. The van der Waals surface area contributed by atoms with Gasteiger partial charge in [0.2, 0.25) is 0 Å². The van der Waals surface area contributed by atoms with Crippen molar-refractivity contribution in [2.45, 2.75) is 45.3 Å². The minimum Gasteiger partial charge on any atom is -0.313 e. The van der Waals surface area contributed by atoms with E-state index in [-0.39, 0.29) is 5.54 Å². The summed E-state index contributed by atoms with van der Waals surface area (Å²) in [6, 6.07) is 1.25. The van der Waals surface area contributed by atoms with E-state index in [1.165, 1.54) is 0 Å². The summed E-state index contributed by atoms with van der Waals surface area (Å²) in [5.74, 6) is 0. The Hall–Kier alpha value is -0.120. The molecule has 0 spiro atoms. The number of hydrogen-bond donors (Lipinski definition) is 1. The highest BCUT2D eigenvalue weighted by Crippen LogP contribution is 2.23. The maximum absolute atomic E-state index is 3.55. The van der Waals surface area contributed by atoms with Gasteiger partial charge in [-0.25, -0.2) is 0 Å². The molecule has 1 N–H and O–H groups in total. The first-order chi connectivity index (χ1) is 6.84. The molecular formula is C12H27N3. The summed E-state index contributed by atoms with van der Waals surface area (Å²) in [6.45, 7) is 12.6. The van der Waals surface area contributed by atoms with Crippen molar-refractivity contribution < 1.29 is 0 Å².